The Kier molecular flexibility index (Phi) is 3.60. The van der Waals surface area contributed by atoms with Crippen LogP contribution in [0.5, 0.6) is 0 Å². The topological polar surface area (TPSA) is 88.6 Å². The van der Waals surface area contributed by atoms with Crippen LogP contribution in [-0.2, 0) is 6.54 Å². The standard InChI is InChI=1S/C13H15N3O4/c1-8-10(13(18)19)6-9(20-8)7-16-5-4-11(14-16)12(17)15(2)3/h4-6H,7H2,1-3H3,(H,18,19). The largest absolute Gasteiger partial charge is 0.478 e. The van der Waals surface area contributed by atoms with Crippen LogP contribution in [0.4, 0.5) is 0 Å². The van der Waals surface area contributed by atoms with E-state index in [0.29, 0.717) is 17.2 Å². The summed E-state index contributed by atoms with van der Waals surface area (Å²) in [4.78, 5) is 24.1. The minimum atomic E-state index is -1.03. The van der Waals surface area contributed by atoms with Crippen LogP contribution in [0.2, 0.25) is 0 Å². The molecule has 106 valence electrons. The third-order valence-corrected chi connectivity index (χ3v) is 2.78. The van der Waals surface area contributed by atoms with Gasteiger partial charge >= 0.3 is 5.97 Å². The lowest BCUT2D eigenvalue weighted by molar-refractivity contribution is 0.0694. The highest BCUT2D eigenvalue weighted by molar-refractivity contribution is 5.91. The van der Waals surface area contributed by atoms with Gasteiger partial charge in [-0.05, 0) is 19.1 Å². The number of carbonyl (C=O) groups excluding carboxylic acids is 1. The molecule has 0 atom stereocenters. The van der Waals surface area contributed by atoms with Gasteiger partial charge in [-0.15, -0.1) is 0 Å². The third kappa shape index (κ3) is 2.71. The van der Waals surface area contributed by atoms with Gasteiger partial charge in [0.15, 0.2) is 0 Å². The van der Waals surface area contributed by atoms with Gasteiger partial charge in [-0.1, -0.05) is 0 Å². The highest BCUT2D eigenvalue weighted by Crippen LogP contribution is 2.15. The Morgan fingerprint density at radius 3 is 2.70 bits per heavy atom. The van der Waals surface area contributed by atoms with Crippen LogP contribution in [-0.4, -0.2) is 45.8 Å². The van der Waals surface area contributed by atoms with E-state index in [1.807, 2.05) is 0 Å². The van der Waals surface area contributed by atoms with E-state index in [1.165, 1.54) is 15.6 Å². The normalized spacial score (nSPS) is 10.6. The number of nitrogens with zero attached hydrogens (tertiary/aromatic N) is 3. The Morgan fingerprint density at radius 2 is 2.15 bits per heavy atom. The van der Waals surface area contributed by atoms with Gasteiger partial charge in [-0.25, -0.2) is 4.79 Å². The summed E-state index contributed by atoms with van der Waals surface area (Å²) in [6, 6.07) is 3.07. The molecule has 20 heavy (non-hydrogen) atoms. The molecule has 1 N–H and O–H groups in total. The molecule has 0 aromatic carbocycles. The average Bonchev–Trinajstić information content (AvgIpc) is 2.95. The van der Waals surface area contributed by atoms with Crippen molar-refractivity contribution in [2.24, 2.45) is 0 Å². The van der Waals surface area contributed by atoms with Gasteiger partial charge in [0, 0.05) is 20.3 Å². The Labute approximate surface area is 115 Å². The van der Waals surface area contributed by atoms with E-state index in [4.69, 9.17) is 9.52 Å². The Bertz CT molecular complexity index is 654. The average molecular weight is 277 g/mol. The summed E-state index contributed by atoms with van der Waals surface area (Å²) in [5.41, 5.74) is 0.466. The van der Waals surface area contributed by atoms with Crippen LogP contribution in [0.1, 0.15) is 32.4 Å². The van der Waals surface area contributed by atoms with E-state index >= 15 is 0 Å². The van der Waals surface area contributed by atoms with Crippen molar-refractivity contribution in [1.29, 1.82) is 0 Å². The van der Waals surface area contributed by atoms with Gasteiger partial charge in [0.1, 0.15) is 22.8 Å². The molecular weight excluding hydrogens is 262 g/mol. The zero-order valence-electron chi connectivity index (χ0n) is 11.5. The summed E-state index contributed by atoms with van der Waals surface area (Å²) in [6.45, 7) is 1.87. The smallest absolute Gasteiger partial charge is 0.339 e. The second kappa shape index (κ2) is 5.20. The number of hydrogen-bond acceptors (Lipinski definition) is 4. The zero-order valence-corrected chi connectivity index (χ0v) is 11.5. The van der Waals surface area contributed by atoms with Crippen molar-refractivity contribution in [2.45, 2.75) is 13.5 Å². The maximum Gasteiger partial charge on any atom is 0.339 e. The molecular formula is C13H15N3O4. The van der Waals surface area contributed by atoms with Gasteiger partial charge in [0.05, 0.1) is 6.54 Å². The van der Waals surface area contributed by atoms with E-state index in [1.54, 1.807) is 33.3 Å². The number of aromatic carboxylic acids is 1. The molecule has 0 saturated heterocycles. The molecule has 1 amide bonds. The fraction of sp³-hybridized carbons (Fsp3) is 0.308. The maximum absolute atomic E-state index is 11.7. The fourth-order valence-electron chi connectivity index (χ4n) is 1.79. The van der Waals surface area contributed by atoms with Crippen LogP contribution in [0, 0.1) is 6.92 Å². The Hall–Kier alpha value is -2.57. The zero-order chi connectivity index (χ0) is 14.9. The quantitative estimate of drug-likeness (QED) is 0.908. The lowest BCUT2D eigenvalue weighted by Gasteiger charge is -2.06. The van der Waals surface area contributed by atoms with Crippen molar-refractivity contribution in [2.75, 3.05) is 14.1 Å². The highest BCUT2D eigenvalue weighted by Gasteiger charge is 2.15. The number of carbonyl (C=O) groups is 2. The van der Waals surface area contributed by atoms with Crippen molar-refractivity contribution in [1.82, 2.24) is 14.7 Å². The fourth-order valence-corrected chi connectivity index (χ4v) is 1.79. The molecule has 0 aliphatic carbocycles. The minimum Gasteiger partial charge on any atom is -0.478 e. The molecule has 0 spiro atoms. The van der Waals surface area contributed by atoms with Crippen LogP contribution < -0.4 is 0 Å². The summed E-state index contributed by atoms with van der Waals surface area (Å²) < 4.78 is 6.89. The van der Waals surface area contributed by atoms with Gasteiger partial charge < -0.3 is 14.4 Å². The van der Waals surface area contributed by atoms with E-state index < -0.39 is 5.97 Å². The second-order valence-corrected chi connectivity index (χ2v) is 4.59. The van der Waals surface area contributed by atoms with E-state index in [2.05, 4.69) is 5.10 Å². The van der Waals surface area contributed by atoms with E-state index in [-0.39, 0.29) is 18.0 Å². The molecule has 2 heterocycles. The number of carboxylic acid groups (broad SMARTS) is 1. The maximum atomic E-state index is 11.7. The molecule has 0 aliphatic rings. The molecule has 0 aliphatic heterocycles. The Morgan fingerprint density at radius 1 is 1.45 bits per heavy atom. The predicted octanol–water partition coefficient (Wildman–Crippen LogP) is 1.23. The van der Waals surface area contributed by atoms with Crippen molar-refractivity contribution < 1.29 is 19.1 Å². The van der Waals surface area contributed by atoms with Crippen molar-refractivity contribution in [3.63, 3.8) is 0 Å². The molecule has 2 aromatic rings. The number of furan rings is 1. The van der Waals surface area contributed by atoms with Gasteiger partial charge in [-0.3, -0.25) is 9.48 Å². The molecule has 7 heteroatoms. The van der Waals surface area contributed by atoms with Crippen molar-refractivity contribution in [3.05, 3.63) is 41.1 Å². The molecule has 0 saturated carbocycles. The summed E-state index contributed by atoms with van der Waals surface area (Å²) in [7, 11) is 3.30. The number of carboxylic acids is 1. The number of aryl methyl sites for hydroxylation is 1. The Balaban J connectivity index is 2.17. The third-order valence-electron chi connectivity index (χ3n) is 2.78. The first-order valence-electron chi connectivity index (χ1n) is 5.96. The molecule has 2 aromatic heterocycles. The lowest BCUT2D eigenvalue weighted by Crippen LogP contribution is -2.22. The van der Waals surface area contributed by atoms with Crippen LogP contribution >= 0.6 is 0 Å². The lowest BCUT2D eigenvalue weighted by atomic mass is 10.2. The molecule has 0 bridgehead atoms. The molecule has 7 nitrogen and oxygen atoms in total. The monoisotopic (exact) mass is 277 g/mol. The van der Waals surface area contributed by atoms with Crippen molar-refractivity contribution >= 4 is 11.9 Å². The van der Waals surface area contributed by atoms with E-state index in [9.17, 15) is 9.59 Å². The highest BCUT2D eigenvalue weighted by atomic mass is 16.4. The first-order chi connectivity index (χ1) is 9.38. The molecule has 0 fully saturated rings. The first-order valence-corrected chi connectivity index (χ1v) is 5.96. The first kappa shape index (κ1) is 13.9. The molecule has 0 radical (unpaired) electrons. The summed E-state index contributed by atoms with van der Waals surface area (Å²) in [5.74, 6) is -0.386. The van der Waals surface area contributed by atoms with Gasteiger partial charge in [0.2, 0.25) is 0 Å². The van der Waals surface area contributed by atoms with Crippen LogP contribution in [0.25, 0.3) is 0 Å². The minimum absolute atomic E-state index is 0.136. The predicted molar refractivity (Wildman–Crippen MR) is 69.8 cm³/mol. The second-order valence-electron chi connectivity index (χ2n) is 4.59. The SMILES string of the molecule is Cc1oc(Cn2ccc(C(=O)N(C)C)n2)cc1C(=O)O. The van der Waals surface area contributed by atoms with Crippen LogP contribution in [0.3, 0.4) is 0 Å². The summed E-state index contributed by atoms with van der Waals surface area (Å²) in [6.07, 6.45) is 1.65. The number of rotatable bonds is 4. The number of hydrogen-bond donors (Lipinski definition) is 1. The van der Waals surface area contributed by atoms with Gasteiger partial charge in [-0.2, -0.15) is 5.10 Å². The van der Waals surface area contributed by atoms with E-state index in [0.717, 1.165) is 0 Å². The van der Waals surface area contributed by atoms with Gasteiger partial charge in [0.25, 0.3) is 5.91 Å². The van der Waals surface area contributed by atoms with Crippen molar-refractivity contribution in [3.8, 4) is 0 Å². The number of amides is 1. The summed E-state index contributed by atoms with van der Waals surface area (Å²) >= 11 is 0. The summed E-state index contributed by atoms with van der Waals surface area (Å²) in [5, 5.41) is 13.1. The molecule has 0 unspecified atom stereocenters. The molecule has 2 rings (SSSR count). The number of aromatic nitrogens is 2. The van der Waals surface area contributed by atoms with Crippen LogP contribution in [0.15, 0.2) is 22.7 Å².